The Morgan fingerprint density at radius 1 is 1.16 bits per heavy atom. The number of hydrogen-bond acceptors (Lipinski definition) is 4. The number of rotatable bonds is 7. The number of carbonyl (C=O) groups excluding carboxylic acids is 1. The van der Waals surface area contributed by atoms with Crippen molar-refractivity contribution in [1.29, 1.82) is 0 Å². The van der Waals surface area contributed by atoms with Gasteiger partial charge < -0.3 is 11.1 Å². The molecule has 6 heteroatoms. The molecule has 6 nitrogen and oxygen atoms in total. The van der Waals surface area contributed by atoms with Gasteiger partial charge in [0.15, 0.2) is 0 Å². The van der Waals surface area contributed by atoms with Gasteiger partial charge in [0.05, 0.1) is 11.3 Å². The molecule has 0 spiro atoms. The number of nitrogens with zero attached hydrogens (tertiary/aromatic N) is 1. The van der Waals surface area contributed by atoms with E-state index < -0.39 is 4.92 Å². The van der Waals surface area contributed by atoms with E-state index >= 15 is 0 Å². The van der Waals surface area contributed by atoms with Gasteiger partial charge in [0.1, 0.15) is 0 Å². The lowest BCUT2D eigenvalue weighted by atomic mass is 9.99. The molecule has 2 rings (SSSR count). The van der Waals surface area contributed by atoms with E-state index in [1.807, 2.05) is 24.3 Å². The van der Waals surface area contributed by atoms with Crippen LogP contribution in [0, 0.1) is 10.1 Å². The zero-order valence-electron chi connectivity index (χ0n) is 14.4. The van der Waals surface area contributed by atoms with Gasteiger partial charge in [0, 0.05) is 24.7 Å². The maximum Gasteiger partial charge on any atom is 0.269 e. The SMILES string of the molecule is CC(C)c1ccc(C(N)CNC(=O)Cc2cccc([N+](=O)[O-])c2)cc1. The van der Waals surface area contributed by atoms with E-state index in [1.54, 1.807) is 12.1 Å². The first-order valence-electron chi connectivity index (χ1n) is 8.22. The average Bonchev–Trinajstić information content (AvgIpc) is 2.60. The molecule has 0 aromatic heterocycles. The molecule has 1 atom stereocenters. The van der Waals surface area contributed by atoms with Gasteiger partial charge in [-0.1, -0.05) is 50.2 Å². The topological polar surface area (TPSA) is 98.3 Å². The molecule has 1 amide bonds. The molecule has 2 aromatic carbocycles. The van der Waals surface area contributed by atoms with Crippen LogP contribution >= 0.6 is 0 Å². The van der Waals surface area contributed by atoms with E-state index in [1.165, 1.54) is 17.7 Å². The first kappa shape index (κ1) is 18.6. The van der Waals surface area contributed by atoms with Gasteiger partial charge in [-0.25, -0.2) is 0 Å². The van der Waals surface area contributed by atoms with Crippen molar-refractivity contribution < 1.29 is 9.72 Å². The van der Waals surface area contributed by atoms with Crippen LogP contribution < -0.4 is 11.1 Å². The summed E-state index contributed by atoms with van der Waals surface area (Å²) in [5, 5.41) is 13.5. The number of nitrogens with one attached hydrogen (secondary N) is 1. The second kappa shape index (κ2) is 8.39. The molecule has 0 bridgehead atoms. The molecule has 132 valence electrons. The van der Waals surface area contributed by atoms with Crippen LogP contribution in [0.15, 0.2) is 48.5 Å². The summed E-state index contributed by atoms with van der Waals surface area (Å²) in [6.45, 7) is 4.57. The Labute approximate surface area is 147 Å². The van der Waals surface area contributed by atoms with Crippen LogP contribution in [0.4, 0.5) is 5.69 Å². The number of non-ortho nitro benzene ring substituents is 1. The predicted molar refractivity (Wildman–Crippen MR) is 97.3 cm³/mol. The molecule has 25 heavy (non-hydrogen) atoms. The number of carbonyl (C=O) groups is 1. The molecule has 0 aliphatic heterocycles. The van der Waals surface area contributed by atoms with Crippen LogP contribution in [0.1, 0.15) is 42.5 Å². The van der Waals surface area contributed by atoms with Crippen molar-refractivity contribution in [1.82, 2.24) is 5.32 Å². The smallest absolute Gasteiger partial charge is 0.269 e. The third-order valence-electron chi connectivity index (χ3n) is 4.04. The Bertz CT molecular complexity index is 742. The zero-order valence-corrected chi connectivity index (χ0v) is 14.4. The number of nitrogens with two attached hydrogens (primary N) is 1. The first-order chi connectivity index (χ1) is 11.9. The molecule has 0 fully saturated rings. The van der Waals surface area contributed by atoms with Crippen molar-refractivity contribution in [2.75, 3.05) is 6.54 Å². The molecule has 3 N–H and O–H groups in total. The highest BCUT2D eigenvalue weighted by molar-refractivity contribution is 5.78. The molecule has 0 heterocycles. The molecule has 0 aliphatic rings. The van der Waals surface area contributed by atoms with Crippen LogP contribution in [0.5, 0.6) is 0 Å². The first-order valence-corrected chi connectivity index (χ1v) is 8.22. The minimum absolute atomic E-state index is 0.0211. The number of nitro benzene ring substituents is 1. The minimum atomic E-state index is -0.474. The van der Waals surface area contributed by atoms with E-state index in [0.717, 1.165) is 5.56 Å². The largest absolute Gasteiger partial charge is 0.354 e. The normalized spacial score (nSPS) is 12.0. The molecule has 1 unspecified atom stereocenters. The molecule has 2 aromatic rings. The molecular weight excluding hydrogens is 318 g/mol. The van der Waals surface area contributed by atoms with Crippen molar-refractivity contribution in [3.63, 3.8) is 0 Å². The van der Waals surface area contributed by atoms with Gasteiger partial charge in [-0.2, -0.15) is 0 Å². The third kappa shape index (κ3) is 5.39. The van der Waals surface area contributed by atoms with E-state index in [9.17, 15) is 14.9 Å². The van der Waals surface area contributed by atoms with Gasteiger partial charge in [-0.3, -0.25) is 14.9 Å². The van der Waals surface area contributed by atoms with Gasteiger partial charge in [-0.05, 0) is 22.6 Å². The van der Waals surface area contributed by atoms with Crippen molar-refractivity contribution in [2.24, 2.45) is 5.73 Å². The second-order valence-corrected chi connectivity index (χ2v) is 6.34. The molecule has 0 radical (unpaired) electrons. The lowest BCUT2D eigenvalue weighted by Crippen LogP contribution is -2.32. The predicted octanol–water partition coefficient (Wildman–Crippen LogP) is 3.08. The minimum Gasteiger partial charge on any atom is -0.354 e. The standard InChI is InChI=1S/C19H23N3O3/c1-13(2)15-6-8-16(9-7-15)18(20)12-21-19(23)11-14-4-3-5-17(10-14)22(24)25/h3-10,13,18H,11-12,20H2,1-2H3,(H,21,23). The molecule has 0 saturated carbocycles. The maximum atomic E-state index is 12.0. The second-order valence-electron chi connectivity index (χ2n) is 6.34. The summed E-state index contributed by atoms with van der Waals surface area (Å²) in [7, 11) is 0. The number of amides is 1. The van der Waals surface area contributed by atoms with Gasteiger partial charge >= 0.3 is 0 Å². The maximum absolute atomic E-state index is 12.0. The van der Waals surface area contributed by atoms with Gasteiger partial charge in [0.2, 0.25) is 5.91 Å². The summed E-state index contributed by atoms with van der Waals surface area (Å²) < 4.78 is 0. The highest BCUT2D eigenvalue weighted by Crippen LogP contribution is 2.17. The third-order valence-corrected chi connectivity index (χ3v) is 4.04. The van der Waals surface area contributed by atoms with Gasteiger partial charge in [-0.15, -0.1) is 0 Å². The Hall–Kier alpha value is -2.73. The van der Waals surface area contributed by atoms with Crippen LogP contribution in [0.3, 0.4) is 0 Å². The quantitative estimate of drug-likeness (QED) is 0.597. The van der Waals surface area contributed by atoms with E-state index in [4.69, 9.17) is 5.73 Å². The monoisotopic (exact) mass is 341 g/mol. The lowest BCUT2D eigenvalue weighted by Gasteiger charge is -2.14. The molecular formula is C19H23N3O3. The Kier molecular flexibility index (Phi) is 6.25. The summed E-state index contributed by atoms with van der Waals surface area (Å²) >= 11 is 0. The van der Waals surface area contributed by atoms with Crippen molar-refractivity contribution in [2.45, 2.75) is 32.2 Å². The van der Waals surface area contributed by atoms with Gasteiger partial charge in [0.25, 0.3) is 5.69 Å². The molecule has 0 aliphatic carbocycles. The van der Waals surface area contributed by atoms with E-state index in [-0.39, 0.29) is 24.1 Å². The Morgan fingerprint density at radius 2 is 1.80 bits per heavy atom. The fourth-order valence-corrected chi connectivity index (χ4v) is 2.50. The van der Waals surface area contributed by atoms with E-state index in [2.05, 4.69) is 19.2 Å². The summed E-state index contributed by atoms with van der Waals surface area (Å²) in [4.78, 5) is 22.3. The number of benzene rings is 2. The van der Waals surface area contributed by atoms with Crippen molar-refractivity contribution in [3.8, 4) is 0 Å². The lowest BCUT2D eigenvalue weighted by molar-refractivity contribution is -0.384. The molecule has 0 saturated heterocycles. The van der Waals surface area contributed by atoms with Crippen LogP contribution in [0.2, 0.25) is 0 Å². The highest BCUT2D eigenvalue weighted by Gasteiger charge is 2.11. The fourth-order valence-electron chi connectivity index (χ4n) is 2.50. The number of hydrogen-bond donors (Lipinski definition) is 2. The fraction of sp³-hybridized carbons (Fsp3) is 0.316. The summed E-state index contributed by atoms with van der Waals surface area (Å²) in [5.41, 5.74) is 8.90. The summed E-state index contributed by atoms with van der Waals surface area (Å²) in [6, 6.07) is 13.8. The van der Waals surface area contributed by atoms with Crippen LogP contribution in [-0.4, -0.2) is 17.4 Å². The highest BCUT2D eigenvalue weighted by atomic mass is 16.6. The van der Waals surface area contributed by atoms with Crippen molar-refractivity contribution in [3.05, 3.63) is 75.3 Å². The van der Waals surface area contributed by atoms with Crippen molar-refractivity contribution >= 4 is 11.6 Å². The van der Waals surface area contributed by atoms with Crippen LogP contribution in [-0.2, 0) is 11.2 Å². The summed E-state index contributed by atoms with van der Waals surface area (Å²) in [6.07, 6.45) is 0.0840. The Balaban J connectivity index is 1.88. The zero-order chi connectivity index (χ0) is 18.4. The Morgan fingerprint density at radius 3 is 2.40 bits per heavy atom. The average molecular weight is 341 g/mol. The number of nitro groups is 1. The summed E-state index contributed by atoms with van der Waals surface area (Å²) in [5.74, 6) is 0.245. The van der Waals surface area contributed by atoms with E-state index in [0.29, 0.717) is 18.0 Å². The van der Waals surface area contributed by atoms with Crippen LogP contribution in [0.25, 0.3) is 0 Å².